The van der Waals surface area contributed by atoms with Crippen LogP contribution in [0.5, 0.6) is 0 Å². The Morgan fingerprint density at radius 3 is 2.83 bits per heavy atom. The van der Waals surface area contributed by atoms with Gasteiger partial charge in [0.1, 0.15) is 0 Å². The minimum Gasteiger partial charge on any atom is -0.306 e. The molecule has 1 aromatic heterocycles. The minimum absolute atomic E-state index is 0.213. The van der Waals surface area contributed by atoms with E-state index in [9.17, 15) is 0 Å². The van der Waals surface area contributed by atoms with Crippen LogP contribution >= 0.6 is 11.5 Å². The third kappa shape index (κ3) is 2.76. The predicted molar refractivity (Wildman–Crippen MR) is 76.0 cm³/mol. The molecule has 2 rings (SSSR count). The highest BCUT2D eigenvalue weighted by molar-refractivity contribution is 7.05. The fourth-order valence-electron chi connectivity index (χ4n) is 2.10. The lowest BCUT2D eigenvalue weighted by Gasteiger charge is -2.17. The summed E-state index contributed by atoms with van der Waals surface area (Å²) in [5.41, 5.74) is 3.68. The van der Waals surface area contributed by atoms with Crippen LogP contribution in [0.2, 0.25) is 0 Å². The monoisotopic (exact) mass is 261 g/mol. The molecule has 1 aromatic carbocycles. The Kier molecular flexibility index (Phi) is 4.44. The molecule has 0 saturated heterocycles. The van der Waals surface area contributed by atoms with Crippen LogP contribution in [-0.2, 0) is 6.42 Å². The van der Waals surface area contributed by atoms with Gasteiger partial charge in [-0.25, -0.2) is 0 Å². The van der Waals surface area contributed by atoms with Gasteiger partial charge in [0.25, 0.3) is 0 Å². The topological polar surface area (TPSA) is 37.8 Å². The minimum atomic E-state index is 0.213. The van der Waals surface area contributed by atoms with Crippen molar-refractivity contribution >= 4 is 11.5 Å². The van der Waals surface area contributed by atoms with Gasteiger partial charge in [0.15, 0.2) is 0 Å². The smallest absolute Gasteiger partial charge is 0.0804 e. The first-order valence-corrected chi connectivity index (χ1v) is 7.14. The van der Waals surface area contributed by atoms with Gasteiger partial charge in [0.2, 0.25) is 0 Å². The lowest BCUT2D eigenvalue weighted by molar-refractivity contribution is 0.632. The van der Waals surface area contributed by atoms with E-state index in [4.69, 9.17) is 0 Å². The van der Waals surface area contributed by atoms with Crippen LogP contribution in [0.1, 0.15) is 41.6 Å². The molecule has 1 heterocycles. The number of benzene rings is 1. The number of aromatic nitrogens is 2. The maximum atomic E-state index is 4.21. The summed E-state index contributed by atoms with van der Waals surface area (Å²) in [5.74, 6) is 0. The molecule has 0 aliphatic rings. The average molecular weight is 261 g/mol. The van der Waals surface area contributed by atoms with Crippen LogP contribution in [0.15, 0.2) is 24.3 Å². The van der Waals surface area contributed by atoms with E-state index in [1.807, 2.05) is 0 Å². The second kappa shape index (κ2) is 6.07. The SMILES string of the molecule is CCNC(c1cccc(C)c1)c1snnc1CC. The molecule has 1 unspecified atom stereocenters. The first kappa shape index (κ1) is 13.2. The van der Waals surface area contributed by atoms with Crippen molar-refractivity contribution in [1.82, 2.24) is 14.9 Å². The lowest BCUT2D eigenvalue weighted by Crippen LogP contribution is -2.22. The summed E-state index contributed by atoms with van der Waals surface area (Å²) < 4.78 is 4.10. The van der Waals surface area contributed by atoms with Crippen LogP contribution in [0.3, 0.4) is 0 Å². The van der Waals surface area contributed by atoms with Crippen molar-refractivity contribution in [1.29, 1.82) is 0 Å². The van der Waals surface area contributed by atoms with E-state index >= 15 is 0 Å². The van der Waals surface area contributed by atoms with Crippen molar-refractivity contribution in [3.63, 3.8) is 0 Å². The number of hydrogen-bond acceptors (Lipinski definition) is 4. The number of aryl methyl sites for hydroxylation is 2. The van der Waals surface area contributed by atoms with E-state index < -0.39 is 0 Å². The van der Waals surface area contributed by atoms with Gasteiger partial charge in [0, 0.05) is 0 Å². The van der Waals surface area contributed by atoms with Crippen molar-refractivity contribution < 1.29 is 0 Å². The molecule has 0 amide bonds. The van der Waals surface area contributed by atoms with E-state index in [-0.39, 0.29) is 6.04 Å². The third-order valence-corrected chi connectivity index (χ3v) is 3.80. The highest BCUT2D eigenvalue weighted by Crippen LogP contribution is 2.27. The summed E-state index contributed by atoms with van der Waals surface area (Å²) in [6.07, 6.45) is 0.930. The fraction of sp³-hybridized carbons (Fsp3) is 0.429. The second-order valence-corrected chi connectivity index (χ2v) is 5.13. The van der Waals surface area contributed by atoms with Gasteiger partial charge < -0.3 is 5.32 Å². The third-order valence-electron chi connectivity index (χ3n) is 2.97. The van der Waals surface area contributed by atoms with E-state index in [0.717, 1.165) is 18.7 Å². The Morgan fingerprint density at radius 2 is 2.17 bits per heavy atom. The highest BCUT2D eigenvalue weighted by Gasteiger charge is 2.19. The molecule has 0 aliphatic heterocycles. The Bertz CT molecular complexity index is 507. The van der Waals surface area contributed by atoms with Crippen LogP contribution in [0.25, 0.3) is 0 Å². The fourth-order valence-corrected chi connectivity index (χ4v) is 2.94. The molecule has 96 valence electrons. The molecule has 0 saturated carbocycles. The molecule has 0 aliphatic carbocycles. The van der Waals surface area contributed by atoms with Gasteiger partial charge in [-0.05, 0) is 37.0 Å². The van der Waals surface area contributed by atoms with E-state index in [1.54, 1.807) is 0 Å². The van der Waals surface area contributed by atoms with Crippen LogP contribution < -0.4 is 5.32 Å². The molecule has 0 bridgehead atoms. The van der Waals surface area contributed by atoms with Gasteiger partial charge in [-0.2, -0.15) is 0 Å². The highest BCUT2D eigenvalue weighted by atomic mass is 32.1. The molecule has 18 heavy (non-hydrogen) atoms. The molecular formula is C14H19N3S. The van der Waals surface area contributed by atoms with Crippen molar-refractivity contribution in [2.24, 2.45) is 0 Å². The Labute approximate surface area is 112 Å². The average Bonchev–Trinajstić information content (AvgIpc) is 2.84. The standard InChI is InChI=1S/C14H19N3S/c1-4-12-14(18-17-16-12)13(15-5-2)11-8-6-7-10(3)9-11/h6-9,13,15H,4-5H2,1-3H3. The molecule has 0 spiro atoms. The van der Waals surface area contributed by atoms with Crippen LogP contribution in [0, 0.1) is 6.92 Å². The summed E-state index contributed by atoms with van der Waals surface area (Å²) in [4.78, 5) is 1.24. The van der Waals surface area contributed by atoms with E-state index in [0.29, 0.717) is 0 Å². The van der Waals surface area contributed by atoms with Crippen LogP contribution in [-0.4, -0.2) is 16.1 Å². The maximum Gasteiger partial charge on any atom is 0.0804 e. The van der Waals surface area contributed by atoms with Crippen molar-refractivity contribution in [3.05, 3.63) is 46.0 Å². The summed E-state index contributed by atoms with van der Waals surface area (Å²) in [6, 6.07) is 8.84. The van der Waals surface area contributed by atoms with Gasteiger partial charge in [0.05, 0.1) is 16.6 Å². The maximum absolute atomic E-state index is 4.21. The quantitative estimate of drug-likeness (QED) is 0.898. The van der Waals surface area contributed by atoms with Crippen molar-refractivity contribution in [2.75, 3.05) is 6.54 Å². The molecule has 0 fully saturated rings. The van der Waals surface area contributed by atoms with Crippen molar-refractivity contribution in [2.45, 2.75) is 33.2 Å². The number of rotatable bonds is 5. The number of hydrogen-bond donors (Lipinski definition) is 1. The second-order valence-electron chi connectivity index (χ2n) is 4.34. The Morgan fingerprint density at radius 1 is 1.33 bits per heavy atom. The van der Waals surface area contributed by atoms with Gasteiger partial charge in [-0.3, -0.25) is 0 Å². The van der Waals surface area contributed by atoms with Gasteiger partial charge in [-0.15, -0.1) is 5.10 Å². The normalized spacial score (nSPS) is 12.6. The zero-order chi connectivity index (χ0) is 13.0. The van der Waals surface area contributed by atoms with E-state index in [1.165, 1.54) is 27.5 Å². The molecule has 2 aromatic rings. The molecular weight excluding hydrogens is 242 g/mol. The Balaban J connectivity index is 2.39. The predicted octanol–water partition coefficient (Wildman–Crippen LogP) is 3.11. The first-order valence-electron chi connectivity index (χ1n) is 6.37. The Hall–Kier alpha value is -1.26. The van der Waals surface area contributed by atoms with Gasteiger partial charge >= 0.3 is 0 Å². The molecule has 3 nitrogen and oxygen atoms in total. The first-order chi connectivity index (χ1) is 8.76. The zero-order valence-corrected chi connectivity index (χ0v) is 11.9. The van der Waals surface area contributed by atoms with Crippen LogP contribution in [0.4, 0.5) is 0 Å². The molecule has 1 N–H and O–H groups in total. The molecule has 1 atom stereocenters. The van der Waals surface area contributed by atoms with Crippen molar-refractivity contribution in [3.8, 4) is 0 Å². The summed E-state index contributed by atoms with van der Waals surface area (Å²) in [7, 11) is 0. The lowest BCUT2D eigenvalue weighted by atomic mass is 10.0. The van der Waals surface area contributed by atoms with Gasteiger partial charge in [-0.1, -0.05) is 48.2 Å². The largest absolute Gasteiger partial charge is 0.306 e. The number of nitrogens with zero attached hydrogens (tertiary/aromatic N) is 2. The molecule has 0 radical (unpaired) electrons. The summed E-state index contributed by atoms with van der Waals surface area (Å²) in [6.45, 7) is 7.31. The number of nitrogens with one attached hydrogen (secondary N) is 1. The summed E-state index contributed by atoms with van der Waals surface area (Å²) >= 11 is 1.50. The zero-order valence-electron chi connectivity index (χ0n) is 11.1. The van der Waals surface area contributed by atoms with E-state index in [2.05, 4.69) is 59.9 Å². The summed E-state index contributed by atoms with van der Waals surface area (Å²) in [5, 5.41) is 7.75. The molecule has 4 heteroatoms.